The smallest absolute Gasteiger partial charge is 0.327 e. The van der Waals surface area contributed by atoms with Gasteiger partial charge in [-0.2, -0.15) is 12.6 Å². The van der Waals surface area contributed by atoms with Crippen molar-refractivity contribution in [2.24, 2.45) is 5.73 Å². The molecular weight excluding hydrogens is 448 g/mol. The maximum atomic E-state index is 12.9. The van der Waals surface area contributed by atoms with Crippen LogP contribution in [0, 0.1) is 0 Å². The number of aromatic amines is 1. The number of carbonyl (C=O) groups is 4. The van der Waals surface area contributed by atoms with E-state index < -0.39 is 47.9 Å². The number of imidazole rings is 1. The molecule has 0 radical (unpaired) electrons. The molecule has 4 unspecified atom stereocenters. The van der Waals surface area contributed by atoms with E-state index in [9.17, 15) is 19.2 Å². The Bertz CT molecular complexity index is 940. The number of carboxylic acid groups (broad SMARTS) is 1. The molecule has 0 aliphatic rings. The summed E-state index contributed by atoms with van der Waals surface area (Å²) < 4.78 is 0. The Balaban J connectivity index is 2.04. The number of nitrogens with two attached hydrogens (primary N) is 1. The lowest BCUT2D eigenvalue weighted by molar-refractivity contribution is -0.141. The summed E-state index contributed by atoms with van der Waals surface area (Å²) in [6.45, 7) is 1.40. The molecule has 178 valence electrons. The monoisotopic (exact) mass is 476 g/mol. The fourth-order valence-corrected chi connectivity index (χ4v) is 3.17. The number of carbonyl (C=O) groups excluding carboxylic acids is 3. The van der Waals surface area contributed by atoms with Crippen LogP contribution in [0.15, 0.2) is 42.9 Å². The highest BCUT2D eigenvalue weighted by molar-refractivity contribution is 7.80. The van der Waals surface area contributed by atoms with Gasteiger partial charge in [-0.05, 0) is 18.9 Å². The van der Waals surface area contributed by atoms with Crippen molar-refractivity contribution < 1.29 is 24.3 Å². The molecule has 12 heteroatoms. The number of nitrogens with zero attached hydrogens (tertiary/aromatic N) is 1. The van der Waals surface area contributed by atoms with Gasteiger partial charge in [0.15, 0.2) is 0 Å². The molecule has 3 amide bonds. The summed E-state index contributed by atoms with van der Waals surface area (Å²) in [6.07, 6.45) is 3.31. The Morgan fingerprint density at radius 2 is 1.70 bits per heavy atom. The highest BCUT2D eigenvalue weighted by atomic mass is 32.1. The number of thiol groups is 1. The van der Waals surface area contributed by atoms with Crippen LogP contribution in [0.1, 0.15) is 18.2 Å². The molecule has 0 aliphatic carbocycles. The maximum Gasteiger partial charge on any atom is 0.327 e. The summed E-state index contributed by atoms with van der Waals surface area (Å²) in [5.74, 6) is -3.22. The quantitative estimate of drug-likeness (QED) is 0.192. The number of carboxylic acids is 1. The predicted octanol–water partition coefficient (Wildman–Crippen LogP) is -0.989. The average molecular weight is 477 g/mol. The summed E-state index contributed by atoms with van der Waals surface area (Å²) in [7, 11) is 0. The summed E-state index contributed by atoms with van der Waals surface area (Å²) in [4.78, 5) is 55.7. The second kappa shape index (κ2) is 12.6. The molecule has 1 aromatic heterocycles. The zero-order valence-electron chi connectivity index (χ0n) is 18.0. The number of aliphatic carboxylic acids is 1. The van der Waals surface area contributed by atoms with E-state index in [0.29, 0.717) is 5.69 Å². The van der Waals surface area contributed by atoms with Crippen molar-refractivity contribution in [1.29, 1.82) is 0 Å². The van der Waals surface area contributed by atoms with Crippen LogP contribution >= 0.6 is 12.6 Å². The summed E-state index contributed by atoms with van der Waals surface area (Å²) in [5.41, 5.74) is 7.49. The Morgan fingerprint density at radius 1 is 1.03 bits per heavy atom. The Morgan fingerprint density at radius 3 is 2.27 bits per heavy atom. The van der Waals surface area contributed by atoms with Gasteiger partial charge in [0.2, 0.25) is 17.7 Å². The minimum Gasteiger partial charge on any atom is -0.480 e. The molecule has 0 saturated carbocycles. The first kappa shape index (κ1) is 25.9. The Hall–Kier alpha value is -3.38. The van der Waals surface area contributed by atoms with Crippen LogP contribution in [-0.2, 0) is 32.0 Å². The normalized spacial score (nSPS) is 14.4. The summed E-state index contributed by atoms with van der Waals surface area (Å²) in [5, 5.41) is 16.5. The van der Waals surface area contributed by atoms with Crippen molar-refractivity contribution in [3.05, 3.63) is 54.1 Å². The zero-order chi connectivity index (χ0) is 24.4. The van der Waals surface area contributed by atoms with Crippen molar-refractivity contribution in [3.63, 3.8) is 0 Å². The van der Waals surface area contributed by atoms with Gasteiger partial charge in [-0.3, -0.25) is 14.4 Å². The van der Waals surface area contributed by atoms with Gasteiger partial charge in [0, 0.05) is 24.1 Å². The minimum atomic E-state index is -1.24. The first-order chi connectivity index (χ1) is 15.7. The van der Waals surface area contributed by atoms with Crippen LogP contribution in [0.25, 0.3) is 0 Å². The van der Waals surface area contributed by atoms with Crippen molar-refractivity contribution in [2.75, 3.05) is 5.75 Å². The van der Waals surface area contributed by atoms with E-state index >= 15 is 0 Å². The lowest BCUT2D eigenvalue weighted by Crippen LogP contribution is -2.57. The fourth-order valence-electron chi connectivity index (χ4n) is 2.93. The Labute approximate surface area is 196 Å². The van der Waals surface area contributed by atoms with E-state index in [1.165, 1.54) is 19.4 Å². The van der Waals surface area contributed by atoms with Crippen LogP contribution in [0.3, 0.4) is 0 Å². The van der Waals surface area contributed by atoms with Crippen LogP contribution in [0.4, 0.5) is 0 Å². The number of rotatable bonds is 12. The largest absolute Gasteiger partial charge is 0.480 e. The third kappa shape index (κ3) is 8.24. The number of hydrogen-bond donors (Lipinski definition) is 7. The van der Waals surface area contributed by atoms with Crippen molar-refractivity contribution >= 4 is 36.3 Å². The number of aromatic nitrogens is 2. The second-order valence-corrected chi connectivity index (χ2v) is 7.82. The van der Waals surface area contributed by atoms with Gasteiger partial charge in [0.1, 0.15) is 18.1 Å². The van der Waals surface area contributed by atoms with E-state index in [-0.39, 0.29) is 18.6 Å². The van der Waals surface area contributed by atoms with Crippen molar-refractivity contribution in [3.8, 4) is 0 Å². The van der Waals surface area contributed by atoms with E-state index in [1.807, 2.05) is 30.3 Å². The number of nitrogens with one attached hydrogen (secondary N) is 4. The molecule has 0 spiro atoms. The van der Waals surface area contributed by atoms with Crippen LogP contribution in [0.2, 0.25) is 0 Å². The number of H-pyrrole nitrogens is 1. The van der Waals surface area contributed by atoms with Crippen molar-refractivity contribution in [1.82, 2.24) is 25.9 Å². The van der Waals surface area contributed by atoms with Gasteiger partial charge >= 0.3 is 5.97 Å². The molecular formula is C21H28N6O5S. The molecule has 0 bridgehead atoms. The first-order valence-corrected chi connectivity index (χ1v) is 10.9. The van der Waals surface area contributed by atoms with E-state index in [4.69, 9.17) is 10.8 Å². The van der Waals surface area contributed by atoms with Crippen LogP contribution < -0.4 is 21.7 Å². The Kier molecular flexibility index (Phi) is 9.88. The first-order valence-electron chi connectivity index (χ1n) is 10.2. The zero-order valence-corrected chi connectivity index (χ0v) is 18.9. The second-order valence-electron chi connectivity index (χ2n) is 7.45. The number of amides is 3. The third-order valence-corrected chi connectivity index (χ3v) is 5.16. The van der Waals surface area contributed by atoms with E-state index in [1.54, 1.807) is 0 Å². The van der Waals surface area contributed by atoms with Crippen LogP contribution in [-0.4, -0.2) is 68.7 Å². The SMILES string of the molecule is CC(NC(=O)C(Cc1cnc[nH]1)NC(=O)C(N)Cc1ccccc1)C(=O)NC(CS)C(=O)O. The molecule has 2 rings (SSSR count). The van der Waals surface area contributed by atoms with Crippen LogP contribution in [0.5, 0.6) is 0 Å². The van der Waals surface area contributed by atoms with Gasteiger partial charge in [-0.1, -0.05) is 30.3 Å². The van der Waals surface area contributed by atoms with Gasteiger partial charge in [-0.25, -0.2) is 9.78 Å². The molecule has 33 heavy (non-hydrogen) atoms. The van der Waals surface area contributed by atoms with Crippen molar-refractivity contribution in [2.45, 2.75) is 43.9 Å². The molecule has 2 aromatic rings. The molecule has 1 aromatic carbocycles. The predicted molar refractivity (Wildman–Crippen MR) is 123 cm³/mol. The standard InChI is InChI=1S/C21H28N6O5S/c1-12(18(28)27-17(10-33)21(31)32)25-20(30)16(8-14-9-23-11-24-14)26-19(29)15(22)7-13-5-3-2-4-6-13/h2-6,9,11-12,15-17,33H,7-8,10,22H2,1H3,(H,23,24)(H,25,30)(H,26,29)(H,27,28)(H,31,32). The molecule has 7 N–H and O–H groups in total. The van der Waals surface area contributed by atoms with Gasteiger partial charge < -0.3 is 31.8 Å². The number of hydrogen-bond acceptors (Lipinski definition) is 7. The average Bonchev–Trinajstić information content (AvgIpc) is 3.30. The van der Waals surface area contributed by atoms with Gasteiger partial charge in [0.05, 0.1) is 12.4 Å². The lowest BCUT2D eigenvalue weighted by Gasteiger charge is -2.23. The topological polar surface area (TPSA) is 179 Å². The van der Waals surface area contributed by atoms with E-state index in [0.717, 1.165) is 5.56 Å². The molecule has 0 fully saturated rings. The molecule has 11 nitrogen and oxygen atoms in total. The third-order valence-electron chi connectivity index (χ3n) is 4.80. The molecule has 0 saturated heterocycles. The molecule has 4 atom stereocenters. The highest BCUT2D eigenvalue weighted by Gasteiger charge is 2.28. The summed E-state index contributed by atoms with van der Waals surface area (Å²) in [6, 6.07) is 5.02. The van der Waals surface area contributed by atoms with Gasteiger partial charge in [-0.15, -0.1) is 0 Å². The molecule has 1 heterocycles. The van der Waals surface area contributed by atoms with E-state index in [2.05, 4.69) is 38.5 Å². The lowest BCUT2D eigenvalue weighted by atomic mass is 10.0. The highest BCUT2D eigenvalue weighted by Crippen LogP contribution is 2.04. The molecule has 0 aliphatic heterocycles. The van der Waals surface area contributed by atoms with Gasteiger partial charge in [0.25, 0.3) is 0 Å². The number of benzene rings is 1. The maximum absolute atomic E-state index is 12.9. The summed E-state index contributed by atoms with van der Waals surface area (Å²) >= 11 is 3.89. The fraction of sp³-hybridized carbons (Fsp3) is 0.381. The minimum absolute atomic E-state index is 0.0817.